The summed E-state index contributed by atoms with van der Waals surface area (Å²) in [5, 5.41) is 18.1. The van der Waals surface area contributed by atoms with Gasteiger partial charge in [0.2, 0.25) is 0 Å². The summed E-state index contributed by atoms with van der Waals surface area (Å²) in [6.07, 6.45) is 1.63. The fourth-order valence-electron chi connectivity index (χ4n) is 2.55. The SMILES string of the molecule is N#Cc1ccccc1COc1ccccc1C=C1SC(=S)N(CC(=O)O)C1=O. The fraction of sp³-hybridized carbons (Fsp3) is 0.100. The second-order valence-corrected chi connectivity index (χ2v) is 7.43. The maximum atomic E-state index is 12.4. The number of nitriles is 1. The third-order valence-electron chi connectivity index (χ3n) is 3.89. The Kier molecular flexibility index (Phi) is 6.09. The molecule has 0 bridgehead atoms. The van der Waals surface area contributed by atoms with Crippen LogP contribution in [-0.2, 0) is 16.2 Å². The van der Waals surface area contributed by atoms with E-state index < -0.39 is 18.4 Å². The number of aliphatic carboxylic acids is 1. The lowest BCUT2D eigenvalue weighted by Crippen LogP contribution is -2.33. The van der Waals surface area contributed by atoms with Gasteiger partial charge in [0.1, 0.15) is 23.2 Å². The molecule has 0 atom stereocenters. The predicted molar refractivity (Wildman–Crippen MR) is 109 cm³/mol. The molecule has 1 N–H and O–H groups in total. The van der Waals surface area contributed by atoms with Crippen LogP contribution >= 0.6 is 24.0 Å². The van der Waals surface area contributed by atoms with Crippen LogP contribution in [0.2, 0.25) is 0 Å². The van der Waals surface area contributed by atoms with E-state index in [4.69, 9.17) is 22.1 Å². The highest BCUT2D eigenvalue weighted by atomic mass is 32.2. The minimum Gasteiger partial charge on any atom is -0.488 e. The molecule has 6 nitrogen and oxygen atoms in total. The zero-order chi connectivity index (χ0) is 20.1. The molecule has 1 amide bonds. The van der Waals surface area contributed by atoms with Gasteiger partial charge in [0.05, 0.1) is 16.5 Å². The molecule has 0 saturated carbocycles. The summed E-state index contributed by atoms with van der Waals surface area (Å²) in [5.41, 5.74) is 1.95. The fourth-order valence-corrected chi connectivity index (χ4v) is 3.80. The molecule has 8 heteroatoms. The molecule has 140 valence electrons. The number of benzene rings is 2. The van der Waals surface area contributed by atoms with Gasteiger partial charge in [-0.15, -0.1) is 0 Å². The maximum Gasteiger partial charge on any atom is 0.323 e. The van der Waals surface area contributed by atoms with E-state index in [1.165, 1.54) is 0 Å². The van der Waals surface area contributed by atoms with E-state index in [1.807, 2.05) is 12.1 Å². The van der Waals surface area contributed by atoms with Gasteiger partial charge in [-0.25, -0.2) is 0 Å². The minimum atomic E-state index is -1.13. The highest BCUT2D eigenvalue weighted by Gasteiger charge is 2.33. The molecule has 0 unspecified atom stereocenters. The molecular formula is C20H14N2O4S2. The molecule has 28 heavy (non-hydrogen) atoms. The second-order valence-electron chi connectivity index (χ2n) is 5.76. The Hall–Kier alpha value is -3.15. The molecule has 3 rings (SSSR count). The highest BCUT2D eigenvalue weighted by Crippen LogP contribution is 2.34. The molecule has 1 saturated heterocycles. The number of nitrogens with zero attached hydrogens (tertiary/aromatic N) is 2. The van der Waals surface area contributed by atoms with Crippen molar-refractivity contribution >= 4 is 46.3 Å². The van der Waals surface area contributed by atoms with Gasteiger partial charge in [0.25, 0.3) is 5.91 Å². The normalized spacial score (nSPS) is 15.0. The van der Waals surface area contributed by atoms with Crippen molar-refractivity contribution in [2.75, 3.05) is 6.54 Å². The van der Waals surface area contributed by atoms with Crippen LogP contribution < -0.4 is 4.74 Å². The van der Waals surface area contributed by atoms with Crippen molar-refractivity contribution in [2.24, 2.45) is 0 Å². The number of para-hydroxylation sites is 1. The van der Waals surface area contributed by atoms with Crippen LogP contribution in [0.1, 0.15) is 16.7 Å². The van der Waals surface area contributed by atoms with Crippen LogP contribution in [0, 0.1) is 11.3 Å². The van der Waals surface area contributed by atoms with Crippen molar-refractivity contribution in [3.63, 3.8) is 0 Å². The smallest absolute Gasteiger partial charge is 0.323 e. The topological polar surface area (TPSA) is 90.6 Å². The first kappa shape index (κ1) is 19.6. The Bertz CT molecular complexity index is 1030. The van der Waals surface area contributed by atoms with Gasteiger partial charge in [0, 0.05) is 11.1 Å². The zero-order valence-electron chi connectivity index (χ0n) is 14.5. The number of amides is 1. The predicted octanol–water partition coefficient (Wildman–Crippen LogP) is 3.42. The van der Waals surface area contributed by atoms with Gasteiger partial charge in [-0.1, -0.05) is 60.4 Å². The van der Waals surface area contributed by atoms with Gasteiger partial charge in [-0.2, -0.15) is 5.26 Å². The third-order valence-corrected chi connectivity index (χ3v) is 5.27. The first-order valence-electron chi connectivity index (χ1n) is 8.16. The largest absolute Gasteiger partial charge is 0.488 e. The highest BCUT2D eigenvalue weighted by molar-refractivity contribution is 8.26. The van der Waals surface area contributed by atoms with Crippen molar-refractivity contribution in [3.05, 3.63) is 70.1 Å². The molecule has 0 radical (unpaired) electrons. The van der Waals surface area contributed by atoms with E-state index in [9.17, 15) is 14.9 Å². The van der Waals surface area contributed by atoms with Gasteiger partial charge in [-0.05, 0) is 18.2 Å². The second kappa shape index (κ2) is 8.69. The average molecular weight is 410 g/mol. The van der Waals surface area contributed by atoms with E-state index in [-0.39, 0.29) is 10.9 Å². The lowest BCUT2D eigenvalue weighted by atomic mass is 10.1. The van der Waals surface area contributed by atoms with Gasteiger partial charge in [-0.3, -0.25) is 14.5 Å². The summed E-state index contributed by atoms with van der Waals surface area (Å²) in [6, 6.07) is 16.4. The van der Waals surface area contributed by atoms with Crippen LogP contribution in [0.5, 0.6) is 5.75 Å². The minimum absolute atomic E-state index is 0.203. The van der Waals surface area contributed by atoms with E-state index in [2.05, 4.69) is 6.07 Å². The number of carboxylic acids is 1. The van der Waals surface area contributed by atoms with Crippen molar-refractivity contribution in [1.82, 2.24) is 4.90 Å². The van der Waals surface area contributed by atoms with Crippen LogP contribution in [0.25, 0.3) is 6.08 Å². The monoisotopic (exact) mass is 410 g/mol. The molecule has 0 spiro atoms. The number of thioether (sulfide) groups is 1. The number of carbonyl (C=O) groups is 2. The molecule has 1 aliphatic rings. The van der Waals surface area contributed by atoms with Gasteiger partial charge < -0.3 is 9.84 Å². The van der Waals surface area contributed by atoms with Crippen LogP contribution in [-0.4, -0.2) is 32.7 Å². The van der Waals surface area contributed by atoms with Crippen LogP contribution in [0.4, 0.5) is 0 Å². The summed E-state index contributed by atoms with van der Waals surface area (Å²) >= 11 is 6.16. The van der Waals surface area contributed by atoms with Crippen molar-refractivity contribution < 1.29 is 19.4 Å². The van der Waals surface area contributed by atoms with Gasteiger partial charge >= 0.3 is 5.97 Å². The number of thiocarbonyl (C=S) groups is 1. The van der Waals surface area contributed by atoms with Crippen molar-refractivity contribution in [1.29, 1.82) is 5.26 Å². The molecule has 1 fully saturated rings. The van der Waals surface area contributed by atoms with E-state index in [0.29, 0.717) is 21.8 Å². The Balaban J connectivity index is 1.82. The lowest BCUT2D eigenvalue weighted by molar-refractivity contribution is -0.140. The molecule has 2 aromatic carbocycles. The number of ether oxygens (including phenoxy) is 1. The summed E-state index contributed by atoms with van der Waals surface area (Å²) in [6.45, 7) is -0.264. The number of carbonyl (C=O) groups excluding carboxylic acids is 1. The van der Waals surface area contributed by atoms with Crippen LogP contribution in [0.15, 0.2) is 53.4 Å². The maximum absolute atomic E-state index is 12.4. The summed E-state index contributed by atoms with van der Waals surface area (Å²) < 4.78 is 6.08. The molecule has 1 heterocycles. The lowest BCUT2D eigenvalue weighted by Gasteiger charge is -2.11. The summed E-state index contributed by atoms with van der Waals surface area (Å²) in [4.78, 5) is 24.7. The van der Waals surface area contributed by atoms with E-state index >= 15 is 0 Å². The third kappa shape index (κ3) is 4.39. The number of hydrogen-bond donors (Lipinski definition) is 1. The quantitative estimate of drug-likeness (QED) is 0.576. The first-order valence-corrected chi connectivity index (χ1v) is 9.39. The van der Waals surface area contributed by atoms with Gasteiger partial charge in [0.15, 0.2) is 0 Å². The standard InChI is InChI=1S/C20H14N2O4S2/c21-10-14-6-1-2-7-15(14)12-26-16-8-4-3-5-13(16)9-17-19(25)22(11-18(23)24)20(27)28-17/h1-9H,11-12H2,(H,23,24). The Morgan fingerprint density at radius 2 is 1.96 bits per heavy atom. The first-order chi connectivity index (χ1) is 13.5. The molecular weight excluding hydrogens is 396 g/mol. The Labute approximate surface area is 171 Å². The summed E-state index contributed by atoms with van der Waals surface area (Å²) in [5.74, 6) is -1.03. The molecule has 1 aliphatic heterocycles. The summed E-state index contributed by atoms with van der Waals surface area (Å²) in [7, 11) is 0. The van der Waals surface area contributed by atoms with E-state index in [1.54, 1.807) is 42.5 Å². The number of hydrogen-bond acceptors (Lipinski definition) is 6. The van der Waals surface area contributed by atoms with Crippen molar-refractivity contribution in [2.45, 2.75) is 6.61 Å². The molecule has 0 aromatic heterocycles. The molecule has 0 aliphatic carbocycles. The number of rotatable bonds is 6. The van der Waals surface area contributed by atoms with Crippen LogP contribution in [0.3, 0.4) is 0 Å². The van der Waals surface area contributed by atoms with Crippen molar-refractivity contribution in [3.8, 4) is 11.8 Å². The van der Waals surface area contributed by atoms with E-state index in [0.717, 1.165) is 22.2 Å². The Morgan fingerprint density at radius 3 is 2.71 bits per heavy atom. The zero-order valence-corrected chi connectivity index (χ0v) is 16.1. The number of carboxylic acid groups (broad SMARTS) is 1. The Morgan fingerprint density at radius 1 is 1.25 bits per heavy atom. The average Bonchev–Trinajstić information content (AvgIpc) is 2.94. The molecule has 2 aromatic rings.